The lowest BCUT2D eigenvalue weighted by molar-refractivity contribution is 0.0126. The summed E-state index contributed by atoms with van der Waals surface area (Å²) in [5.41, 5.74) is 2.84. The molecule has 0 fully saturated rings. The van der Waals surface area contributed by atoms with Crippen LogP contribution in [0.2, 0.25) is 0 Å². The largest absolute Gasteiger partial charge is 0.293 e. The van der Waals surface area contributed by atoms with Crippen LogP contribution in [0.5, 0.6) is 0 Å². The summed E-state index contributed by atoms with van der Waals surface area (Å²) < 4.78 is 0. The summed E-state index contributed by atoms with van der Waals surface area (Å²) >= 11 is 0. The number of nitrogens with zero attached hydrogens (tertiary/aromatic N) is 2. The lowest BCUT2D eigenvalue weighted by atomic mass is 9.86. The Hall–Kier alpha value is -1.64. The molecule has 2 aromatic carbocycles. The first-order chi connectivity index (χ1) is 12.0. The second-order valence-corrected chi connectivity index (χ2v) is 9.27. The molecule has 0 aliphatic rings. The van der Waals surface area contributed by atoms with E-state index in [-0.39, 0.29) is 23.2 Å². The van der Waals surface area contributed by atoms with E-state index in [9.17, 15) is 0 Å². The Balaban J connectivity index is 2.65. The van der Waals surface area contributed by atoms with Crippen LogP contribution in [0.3, 0.4) is 0 Å². The van der Waals surface area contributed by atoms with Gasteiger partial charge in [0, 0.05) is 11.1 Å². The van der Waals surface area contributed by atoms with Crippen LogP contribution in [-0.2, 0) is 0 Å². The highest BCUT2D eigenvalue weighted by Crippen LogP contribution is 2.42. The van der Waals surface area contributed by atoms with Gasteiger partial charge < -0.3 is 0 Å². The molecule has 0 saturated heterocycles. The summed E-state index contributed by atoms with van der Waals surface area (Å²) in [4.78, 5) is 5.03. The van der Waals surface area contributed by atoms with Gasteiger partial charge in [0.25, 0.3) is 0 Å². The summed E-state index contributed by atoms with van der Waals surface area (Å²) in [5, 5.41) is 0. The Morgan fingerprint density at radius 3 is 1.04 bits per heavy atom. The van der Waals surface area contributed by atoms with Crippen molar-refractivity contribution in [2.45, 2.75) is 64.7 Å². The highest BCUT2D eigenvalue weighted by Gasteiger charge is 2.38. The van der Waals surface area contributed by atoms with E-state index in [2.05, 4.69) is 126 Å². The van der Waals surface area contributed by atoms with Crippen molar-refractivity contribution in [2.24, 2.45) is 0 Å². The minimum atomic E-state index is 0.0618. The van der Waals surface area contributed by atoms with E-state index >= 15 is 0 Å². The third-order valence-corrected chi connectivity index (χ3v) is 5.53. The molecule has 0 N–H and O–H groups in total. The van der Waals surface area contributed by atoms with Gasteiger partial charge >= 0.3 is 0 Å². The monoisotopic (exact) mass is 352 g/mol. The molecule has 0 bridgehead atoms. The minimum absolute atomic E-state index is 0.0618. The Morgan fingerprint density at radius 1 is 0.538 bits per heavy atom. The third-order valence-electron chi connectivity index (χ3n) is 5.53. The molecule has 0 saturated carbocycles. The zero-order valence-electron chi connectivity index (χ0n) is 17.8. The fourth-order valence-electron chi connectivity index (χ4n) is 3.37. The van der Waals surface area contributed by atoms with E-state index in [0.717, 1.165) is 0 Å². The Labute approximate surface area is 160 Å². The predicted molar refractivity (Wildman–Crippen MR) is 113 cm³/mol. The van der Waals surface area contributed by atoms with Gasteiger partial charge in [-0.2, -0.15) is 0 Å². The number of rotatable bonds is 5. The molecule has 142 valence electrons. The number of hydrogen-bond acceptors (Lipinski definition) is 2. The SMILES string of the molecule is CN([C@@H](c1ccccc1)[C@H](c1ccccc1)N(C)C(C)(C)C)C(C)(C)C. The molecule has 0 amide bonds. The van der Waals surface area contributed by atoms with E-state index in [4.69, 9.17) is 0 Å². The van der Waals surface area contributed by atoms with E-state index in [0.29, 0.717) is 0 Å². The van der Waals surface area contributed by atoms with Crippen molar-refractivity contribution in [1.29, 1.82) is 0 Å². The normalized spacial score (nSPS) is 15.3. The molecule has 0 radical (unpaired) electrons. The summed E-state index contributed by atoms with van der Waals surface area (Å²) in [5.74, 6) is 0. The molecule has 2 rings (SSSR count). The topological polar surface area (TPSA) is 6.48 Å². The molecule has 0 aromatic heterocycles. The summed E-state index contributed by atoms with van der Waals surface area (Å²) in [6, 6.07) is 22.4. The third kappa shape index (κ3) is 4.75. The molecular weight excluding hydrogens is 316 g/mol. The molecule has 2 aromatic rings. The standard InChI is InChI=1S/C24H36N2/c1-23(2,3)25(7)21(19-15-11-9-12-16-19)22(26(8)24(4,5)6)20-17-13-10-14-18-20/h9-18,21-22H,1-8H3/t21-,22-/m0/s1. The first-order valence-electron chi connectivity index (χ1n) is 9.59. The molecule has 0 unspecified atom stereocenters. The molecule has 26 heavy (non-hydrogen) atoms. The smallest absolute Gasteiger partial charge is 0.0547 e. The maximum absolute atomic E-state index is 2.52. The molecule has 0 spiro atoms. The second-order valence-electron chi connectivity index (χ2n) is 9.27. The summed E-state index contributed by atoms with van der Waals surface area (Å²) in [7, 11) is 4.51. The van der Waals surface area contributed by atoms with Gasteiger partial charge in [-0.3, -0.25) is 9.80 Å². The summed E-state index contributed by atoms with van der Waals surface area (Å²) in [6.07, 6.45) is 0. The van der Waals surface area contributed by atoms with Crippen LogP contribution in [0, 0.1) is 0 Å². The van der Waals surface area contributed by atoms with E-state index in [1.165, 1.54) is 11.1 Å². The highest BCUT2D eigenvalue weighted by molar-refractivity contribution is 5.28. The number of benzene rings is 2. The molecular formula is C24H36N2. The average molecular weight is 353 g/mol. The van der Waals surface area contributed by atoms with Crippen LogP contribution in [0.1, 0.15) is 64.8 Å². The quantitative estimate of drug-likeness (QED) is 0.658. The van der Waals surface area contributed by atoms with Gasteiger partial charge in [0.2, 0.25) is 0 Å². The van der Waals surface area contributed by atoms with Crippen molar-refractivity contribution in [2.75, 3.05) is 14.1 Å². The first kappa shape index (κ1) is 20.7. The van der Waals surface area contributed by atoms with Crippen molar-refractivity contribution in [1.82, 2.24) is 9.80 Å². The van der Waals surface area contributed by atoms with Crippen molar-refractivity contribution >= 4 is 0 Å². The van der Waals surface area contributed by atoms with Crippen molar-refractivity contribution in [3.8, 4) is 0 Å². The van der Waals surface area contributed by atoms with Gasteiger partial charge in [-0.1, -0.05) is 60.7 Å². The van der Waals surface area contributed by atoms with E-state index < -0.39 is 0 Å². The molecule has 2 nitrogen and oxygen atoms in total. The lowest BCUT2D eigenvalue weighted by Gasteiger charge is -2.49. The fourth-order valence-corrected chi connectivity index (χ4v) is 3.37. The van der Waals surface area contributed by atoms with Crippen molar-refractivity contribution in [3.63, 3.8) is 0 Å². The highest BCUT2D eigenvalue weighted by atomic mass is 15.3. The minimum Gasteiger partial charge on any atom is -0.293 e. The first-order valence-corrected chi connectivity index (χ1v) is 9.59. The Kier molecular flexibility index (Phi) is 6.31. The van der Waals surface area contributed by atoms with Crippen LogP contribution in [0.15, 0.2) is 60.7 Å². The zero-order valence-corrected chi connectivity index (χ0v) is 17.8. The van der Waals surface area contributed by atoms with Gasteiger partial charge in [0.05, 0.1) is 12.1 Å². The van der Waals surface area contributed by atoms with Gasteiger partial charge in [-0.15, -0.1) is 0 Å². The molecule has 0 aliphatic heterocycles. The lowest BCUT2D eigenvalue weighted by Crippen LogP contribution is -2.50. The molecule has 2 heteroatoms. The van der Waals surface area contributed by atoms with E-state index in [1.54, 1.807) is 0 Å². The van der Waals surface area contributed by atoms with Crippen molar-refractivity contribution < 1.29 is 0 Å². The maximum Gasteiger partial charge on any atom is 0.0547 e. The fraction of sp³-hybridized carbons (Fsp3) is 0.500. The Morgan fingerprint density at radius 2 is 0.808 bits per heavy atom. The van der Waals surface area contributed by atoms with Crippen LogP contribution < -0.4 is 0 Å². The van der Waals surface area contributed by atoms with Crippen LogP contribution >= 0.6 is 0 Å². The zero-order chi connectivity index (χ0) is 19.5. The molecule has 0 aliphatic carbocycles. The maximum atomic E-state index is 2.52. The molecule has 2 atom stereocenters. The van der Waals surface area contributed by atoms with E-state index in [1.807, 2.05) is 0 Å². The average Bonchev–Trinajstić information content (AvgIpc) is 2.58. The molecule has 0 heterocycles. The predicted octanol–water partition coefficient (Wildman–Crippen LogP) is 5.93. The van der Waals surface area contributed by atoms with Crippen molar-refractivity contribution in [3.05, 3.63) is 71.8 Å². The van der Waals surface area contributed by atoms with Gasteiger partial charge in [0.1, 0.15) is 0 Å². The number of likely N-dealkylation sites (N-methyl/N-ethyl adjacent to an activating group) is 2. The number of hydrogen-bond donors (Lipinski definition) is 0. The summed E-state index contributed by atoms with van der Waals surface area (Å²) in [6.45, 7) is 13.8. The van der Waals surface area contributed by atoms with Crippen LogP contribution in [-0.4, -0.2) is 35.0 Å². The van der Waals surface area contributed by atoms with Gasteiger partial charge in [-0.05, 0) is 66.8 Å². The van der Waals surface area contributed by atoms with Gasteiger partial charge in [0.15, 0.2) is 0 Å². The van der Waals surface area contributed by atoms with Gasteiger partial charge in [-0.25, -0.2) is 0 Å². The van der Waals surface area contributed by atoms with Crippen LogP contribution in [0.25, 0.3) is 0 Å². The van der Waals surface area contributed by atoms with Crippen LogP contribution in [0.4, 0.5) is 0 Å². The Bertz CT molecular complexity index is 603. The second kappa shape index (κ2) is 7.94.